The molecule has 0 aromatic heterocycles. The van der Waals surface area contributed by atoms with Crippen molar-refractivity contribution < 1.29 is 27.9 Å². The zero-order valence-electron chi connectivity index (χ0n) is 9.57. The molecule has 0 bridgehead atoms. The van der Waals surface area contributed by atoms with Gasteiger partial charge in [0.1, 0.15) is 6.04 Å². The highest BCUT2D eigenvalue weighted by molar-refractivity contribution is 5.89. The second-order valence-electron chi connectivity index (χ2n) is 4.28. The number of carboxylic acids is 1. The number of hydrogen-bond acceptors (Lipinski definition) is 2. The number of benzene rings is 1. The van der Waals surface area contributed by atoms with Gasteiger partial charge in [-0.3, -0.25) is 4.79 Å². The molecule has 0 spiro atoms. The summed E-state index contributed by atoms with van der Waals surface area (Å²) in [6.07, 6.45) is -4.84. The Morgan fingerprint density at radius 1 is 1.32 bits per heavy atom. The van der Waals surface area contributed by atoms with Crippen LogP contribution >= 0.6 is 0 Å². The standard InChI is InChI=1S/C12H10F3NO3/c13-12(14,15)8-4-2-1-3-6(8)7-5-9(17)16-10(7)11(18)19/h1-4,7,10H,5H2,(H,16,17)(H,18,19). The summed E-state index contributed by atoms with van der Waals surface area (Å²) in [5, 5.41) is 11.1. The summed E-state index contributed by atoms with van der Waals surface area (Å²) in [5.41, 5.74) is -1.07. The molecule has 102 valence electrons. The lowest BCUT2D eigenvalue weighted by atomic mass is 9.88. The Hall–Kier alpha value is -2.05. The molecule has 2 atom stereocenters. The summed E-state index contributed by atoms with van der Waals surface area (Å²) in [4.78, 5) is 22.2. The van der Waals surface area contributed by atoms with Crippen molar-refractivity contribution in [3.8, 4) is 0 Å². The van der Waals surface area contributed by atoms with E-state index in [1.807, 2.05) is 0 Å². The van der Waals surface area contributed by atoms with Crippen molar-refractivity contribution in [2.45, 2.75) is 24.6 Å². The van der Waals surface area contributed by atoms with Crippen molar-refractivity contribution in [1.82, 2.24) is 5.32 Å². The van der Waals surface area contributed by atoms with Crippen LogP contribution in [0.5, 0.6) is 0 Å². The highest BCUT2D eigenvalue weighted by Gasteiger charge is 2.43. The molecule has 1 saturated heterocycles. The molecule has 1 fully saturated rings. The molecule has 1 aromatic rings. The van der Waals surface area contributed by atoms with Gasteiger partial charge in [0.25, 0.3) is 0 Å². The fourth-order valence-electron chi connectivity index (χ4n) is 2.25. The van der Waals surface area contributed by atoms with Gasteiger partial charge >= 0.3 is 12.1 Å². The third kappa shape index (κ3) is 2.54. The van der Waals surface area contributed by atoms with Crippen LogP contribution in [0.25, 0.3) is 0 Å². The average Bonchev–Trinajstić information content (AvgIpc) is 2.70. The molecule has 2 unspecified atom stereocenters. The first-order valence-electron chi connectivity index (χ1n) is 5.49. The normalized spacial score (nSPS) is 23.2. The van der Waals surface area contributed by atoms with E-state index in [1.54, 1.807) is 0 Å². The van der Waals surface area contributed by atoms with Crippen LogP contribution in [0.4, 0.5) is 13.2 Å². The fourth-order valence-corrected chi connectivity index (χ4v) is 2.25. The van der Waals surface area contributed by atoms with Crippen LogP contribution in [0.2, 0.25) is 0 Å². The van der Waals surface area contributed by atoms with Crippen LogP contribution in [0.15, 0.2) is 24.3 Å². The predicted molar refractivity (Wildman–Crippen MR) is 58.4 cm³/mol. The maximum absolute atomic E-state index is 12.9. The highest BCUT2D eigenvalue weighted by Crippen LogP contribution is 2.38. The van der Waals surface area contributed by atoms with E-state index >= 15 is 0 Å². The summed E-state index contributed by atoms with van der Waals surface area (Å²) in [6, 6.07) is 3.40. The monoisotopic (exact) mass is 273 g/mol. The molecule has 1 aliphatic heterocycles. The molecule has 4 nitrogen and oxygen atoms in total. The maximum atomic E-state index is 12.9. The van der Waals surface area contributed by atoms with Crippen LogP contribution in [0, 0.1) is 0 Å². The fraction of sp³-hybridized carbons (Fsp3) is 0.333. The van der Waals surface area contributed by atoms with Gasteiger partial charge in [-0.25, -0.2) is 4.79 Å². The third-order valence-corrected chi connectivity index (χ3v) is 3.06. The van der Waals surface area contributed by atoms with E-state index in [2.05, 4.69) is 5.32 Å². The molecule has 19 heavy (non-hydrogen) atoms. The minimum Gasteiger partial charge on any atom is -0.480 e. The van der Waals surface area contributed by atoms with Crippen LogP contribution in [0.3, 0.4) is 0 Å². The molecule has 7 heteroatoms. The molecular weight excluding hydrogens is 263 g/mol. The summed E-state index contributed by atoms with van der Waals surface area (Å²) in [6.45, 7) is 0. The molecular formula is C12H10F3NO3. The summed E-state index contributed by atoms with van der Waals surface area (Å²) >= 11 is 0. The SMILES string of the molecule is O=C1CC(c2ccccc2C(F)(F)F)C(C(=O)O)N1. The number of nitrogens with one attached hydrogen (secondary N) is 1. The molecule has 1 aliphatic rings. The third-order valence-electron chi connectivity index (χ3n) is 3.06. The number of carbonyl (C=O) groups is 2. The number of rotatable bonds is 2. The topological polar surface area (TPSA) is 66.4 Å². The van der Waals surface area contributed by atoms with Crippen LogP contribution in [-0.2, 0) is 15.8 Å². The second-order valence-corrected chi connectivity index (χ2v) is 4.28. The largest absolute Gasteiger partial charge is 0.480 e. The molecule has 1 aromatic carbocycles. The van der Waals surface area contributed by atoms with E-state index in [-0.39, 0.29) is 12.0 Å². The van der Waals surface area contributed by atoms with Gasteiger partial charge in [0.05, 0.1) is 5.56 Å². The molecule has 0 aliphatic carbocycles. The van der Waals surface area contributed by atoms with E-state index in [0.29, 0.717) is 0 Å². The van der Waals surface area contributed by atoms with E-state index in [1.165, 1.54) is 18.2 Å². The zero-order valence-corrected chi connectivity index (χ0v) is 9.57. The van der Waals surface area contributed by atoms with Crippen molar-refractivity contribution >= 4 is 11.9 Å². The molecule has 1 heterocycles. The van der Waals surface area contributed by atoms with Crippen molar-refractivity contribution in [3.63, 3.8) is 0 Å². The van der Waals surface area contributed by atoms with Crippen molar-refractivity contribution in [1.29, 1.82) is 0 Å². The first kappa shape index (κ1) is 13.4. The maximum Gasteiger partial charge on any atom is 0.416 e. The van der Waals surface area contributed by atoms with E-state index in [0.717, 1.165) is 6.07 Å². The molecule has 2 rings (SSSR count). The average molecular weight is 273 g/mol. The highest BCUT2D eigenvalue weighted by atomic mass is 19.4. The van der Waals surface area contributed by atoms with Gasteiger partial charge in [-0.15, -0.1) is 0 Å². The van der Waals surface area contributed by atoms with Crippen LogP contribution in [-0.4, -0.2) is 23.0 Å². The van der Waals surface area contributed by atoms with Gasteiger partial charge < -0.3 is 10.4 Å². The Bertz CT molecular complexity index is 527. The lowest BCUT2D eigenvalue weighted by Crippen LogP contribution is -2.36. The number of halogens is 3. The lowest BCUT2D eigenvalue weighted by Gasteiger charge is -2.19. The Labute approximate surface area is 106 Å². The van der Waals surface area contributed by atoms with Gasteiger partial charge in [-0.1, -0.05) is 18.2 Å². The number of hydrogen-bond donors (Lipinski definition) is 2. The smallest absolute Gasteiger partial charge is 0.416 e. The Balaban J connectivity index is 2.47. The van der Waals surface area contributed by atoms with Gasteiger partial charge in [-0.05, 0) is 11.6 Å². The Morgan fingerprint density at radius 2 is 1.95 bits per heavy atom. The summed E-state index contributed by atoms with van der Waals surface area (Å²) in [5.74, 6) is -2.91. The van der Waals surface area contributed by atoms with Gasteiger partial charge in [0.2, 0.25) is 5.91 Å². The molecule has 0 saturated carbocycles. The van der Waals surface area contributed by atoms with Crippen molar-refractivity contribution in [3.05, 3.63) is 35.4 Å². The molecule has 1 amide bonds. The zero-order chi connectivity index (χ0) is 14.2. The Morgan fingerprint density at radius 3 is 2.53 bits per heavy atom. The van der Waals surface area contributed by atoms with E-state index in [4.69, 9.17) is 5.11 Å². The molecule has 2 N–H and O–H groups in total. The first-order valence-corrected chi connectivity index (χ1v) is 5.49. The predicted octanol–water partition coefficient (Wildman–Crippen LogP) is 1.76. The van der Waals surface area contributed by atoms with E-state index < -0.39 is 35.6 Å². The Kier molecular flexibility index (Phi) is 3.21. The second kappa shape index (κ2) is 4.56. The van der Waals surface area contributed by atoms with E-state index in [9.17, 15) is 22.8 Å². The van der Waals surface area contributed by atoms with Crippen molar-refractivity contribution in [2.24, 2.45) is 0 Å². The van der Waals surface area contributed by atoms with Gasteiger partial charge in [-0.2, -0.15) is 13.2 Å². The number of aliphatic carboxylic acids is 1. The van der Waals surface area contributed by atoms with Crippen LogP contribution < -0.4 is 5.32 Å². The lowest BCUT2D eigenvalue weighted by molar-refractivity contribution is -0.142. The summed E-state index contributed by atoms with van der Waals surface area (Å²) in [7, 11) is 0. The van der Waals surface area contributed by atoms with Crippen LogP contribution in [0.1, 0.15) is 23.5 Å². The quantitative estimate of drug-likeness (QED) is 0.862. The number of carbonyl (C=O) groups excluding carboxylic acids is 1. The number of alkyl halides is 3. The van der Waals surface area contributed by atoms with Gasteiger partial charge in [0, 0.05) is 12.3 Å². The number of carboxylic acid groups (broad SMARTS) is 1. The minimum atomic E-state index is -4.58. The molecule has 0 radical (unpaired) electrons. The minimum absolute atomic E-state index is 0.166. The summed E-state index contributed by atoms with van der Waals surface area (Å²) < 4.78 is 38.6. The van der Waals surface area contributed by atoms with Gasteiger partial charge in [0.15, 0.2) is 0 Å². The van der Waals surface area contributed by atoms with Crippen molar-refractivity contribution in [2.75, 3.05) is 0 Å². The first-order chi connectivity index (χ1) is 8.80. The number of amides is 1.